The highest BCUT2D eigenvalue weighted by atomic mass is 15.2. The van der Waals surface area contributed by atoms with Gasteiger partial charge in [0.05, 0.1) is 24.3 Å². The summed E-state index contributed by atoms with van der Waals surface area (Å²) in [5.74, 6) is 2.55. The molecule has 0 aliphatic carbocycles. The van der Waals surface area contributed by atoms with Crippen LogP contribution >= 0.6 is 0 Å². The molecule has 1 atom stereocenters. The highest BCUT2D eigenvalue weighted by Crippen LogP contribution is 2.28. The van der Waals surface area contributed by atoms with E-state index in [0.29, 0.717) is 17.6 Å². The molecule has 4 heterocycles. The van der Waals surface area contributed by atoms with Crippen molar-refractivity contribution >= 4 is 17.5 Å². The van der Waals surface area contributed by atoms with Crippen molar-refractivity contribution in [2.75, 3.05) is 23.3 Å². The quantitative estimate of drug-likeness (QED) is 0.776. The lowest BCUT2D eigenvalue weighted by Crippen LogP contribution is -2.35. The smallest absolute Gasteiger partial charge is 0.150 e. The molecule has 25 heavy (non-hydrogen) atoms. The summed E-state index contributed by atoms with van der Waals surface area (Å²) in [5, 5.41) is 3.14. The standard InChI is InChI=1S/C17H18N8/c1-2-13(12-25(7-1)17-11-19-4-6-22-17)14-8-20-10-16(23-14)24-15-9-18-3-5-21-15/h3-6,8-11,13H,1-2,7,12H2,(H,21,23,24). The van der Waals surface area contributed by atoms with E-state index in [1.54, 1.807) is 43.4 Å². The molecule has 0 saturated carbocycles. The highest BCUT2D eigenvalue weighted by Gasteiger charge is 2.23. The van der Waals surface area contributed by atoms with Gasteiger partial charge < -0.3 is 10.2 Å². The predicted octanol–water partition coefficient (Wildman–Crippen LogP) is 2.18. The van der Waals surface area contributed by atoms with Gasteiger partial charge in [-0.15, -0.1) is 0 Å². The summed E-state index contributed by atoms with van der Waals surface area (Å²) >= 11 is 0. The highest BCUT2D eigenvalue weighted by molar-refractivity contribution is 5.49. The number of hydrogen-bond acceptors (Lipinski definition) is 8. The minimum atomic E-state index is 0.312. The number of nitrogens with one attached hydrogen (secondary N) is 1. The van der Waals surface area contributed by atoms with Crippen molar-refractivity contribution in [3.8, 4) is 0 Å². The van der Waals surface area contributed by atoms with E-state index in [2.05, 4.69) is 35.1 Å². The molecular formula is C17H18N8. The first-order valence-corrected chi connectivity index (χ1v) is 8.24. The lowest BCUT2D eigenvalue weighted by molar-refractivity contribution is 0.497. The first-order valence-electron chi connectivity index (χ1n) is 8.24. The maximum atomic E-state index is 4.72. The predicted molar refractivity (Wildman–Crippen MR) is 93.6 cm³/mol. The monoisotopic (exact) mass is 334 g/mol. The molecule has 0 radical (unpaired) electrons. The Morgan fingerprint density at radius 1 is 0.880 bits per heavy atom. The van der Waals surface area contributed by atoms with Gasteiger partial charge in [0, 0.05) is 50.0 Å². The van der Waals surface area contributed by atoms with Crippen LogP contribution < -0.4 is 10.2 Å². The van der Waals surface area contributed by atoms with E-state index in [4.69, 9.17) is 4.98 Å². The van der Waals surface area contributed by atoms with Crippen LogP contribution in [-0.2, 0) is 0 Å². The minimum Gasteiger partial charge on any atom is -0.355 e. The third-order valence-corrected chi connectivity index (χ3v) is 4.19. The number of hydrogen-bond donors (Lipinski definition) is 1. The molecule has 0 bridgehead atoms. The van der Waals surface area contributed by atoms with E-state index < -0.39 is 0 Å². The zero-order valence-electron chi connectivity index (χ0n) is 13.7. The molecule has 1 fully saturated rings. The Labute approximate surface area is 145 Å². The van der Waals surface area contributed by atoms with Crippen LogP contribution in [0.4, 0.5) is 17.5 Å². The fraction of sp³-hybridized carbons (Fsp3) is 0.294. The molecule has 1 saturated heterocycles. The SMILES string of the molecule is c1cnc(Nc2cncc(C3CCCN(c4cnccn4)C3)n2)cn1. The second-order valence-electron chi connectivity index (χ2n) is 5.89. The van der Waals surface area contributed by atoms with Crippen LogP contribution in [0.3, 0.4) is 0 Å². The fourth-order valence-electron chi connectivity index (χ4n) is 3.01. The second kappa shape index (κ2) is 7.16. The normalized spacial score (nSPS) is 17.3. The molecule has 3 aromatic rings. The van der Waals surface area contributed by atoms with Crippen LogP contribution in [0.2, 0.25) is 0 Å². The van der Waals surface area contributed by atoms with E-state index in [-0.39, 0.29) is 0 Å². The molecule has 1 unspecified atom stereocenters. The van der Waals surface area contributed by atoms with Crippen LogP contribution in [0.5, 0.6) is 0 Å². The minimum absolute atomic E-state index is 0.312. The molecule has 1 N–H and O–H groups in total. The molecular weight excluding hydrogens is 316 g/mol. The van der Waals surface area contributed by atoms with E-state index in [9.17, 15) is 0 Å². The van der Waals surface area contributed by atoms with Gasteiger partial charge in [0.25, 0.3) is 0 Å². The van der Waals surface area contributed by atoms with Crippen molar-refractivity contribution in [2.24, 2.45) is 0 Å². The van der Waals surface area contributed by atoms with E-state index in [1.165, 1.54) is 0 Å². The summed E-state index contributed by atoms with van der Waals surface area (Å²) in [6, 6.07) is 0. The largest absolute Gasteiger partial charge is 0.355 e. The molecule has 1 aliphatic heterocycles. The van der Waals surface area contributed by atoms with Crippen molar-refractivity contribution in [2.45, 2.75) is 18.8 Å². The first-order chi connectivity index (χ1) is 12.4. The van der Waals surface area contributed by atoms with Gasteiger partial charge in [-0.3, -0.25) is 15.0 Å². The van der Waals surface area contributed by atoms with E-state index >= 15 is 0 Å². The third-order valence-electron chi connectivity index (χ3n) is 4.19. The first kappa shape index (κ1) is 15.4. The molecule has 0 aromatic carbocycles. The molecule has 8 nitrogen and oxygen atoms in total. The molecule has 0 amide bonds. The number of anilines is 3. The van der Waals surface area contributed by atoms with Crippen LogP contribution in [-0.4, -0.2) is 43.0 Å². The Morgan fingerprint density at radius 3 is 2.52 bits per heavy atom. The van der Waals surface area contributed by atoms with Gasteiger partial charge >= 0.3 is 0 Å². The van der Waals surface area contributed by atoms with Crippen molar-refractivity contribution in [3.63, 3.8) is 0 Å². The summed E-state index contributed by atoms with van der Waals surface area (Å²) in [6.07, 6.45) is 15.9. The zero-order chi connectivity index (χ0) is 16.9. The van der Waals surface area contributed by atoms with Crippen LogP contribution in [0.1, 0.15) is 24.5 Å². The number of rotatable bonds is 4. The van der Waals surface area contributed by atoms with Crippen molar-refractivity contribution in [1.29, 1.82) is 0 Å². The third kappa shape index (κ3) is 3.68. The number of aromatic nitrogens is 6. The van der Waals surface area contributed by atoms with Crippen molar-refractivity contribution in [3.05, 3.63) is 55.3 Å². The lowest BCUT2D eigenvalue weighted by Gasteiger charge is -2.33. The van der Waals surface area contributed by atoms with E-state index in [0.717, 1.165) is 37.4 Å². The van der Waals surface area contributed by atoms with Crippen molar-refractivity contribution < 1.29 is 0 Å². The topological polar surface area (TPSA) is 92.6 Å². The van der Waals surface area contributed by atoms with Gasteiger partial charge in [0.15, 0.2) is 0 Å². The Morgan fingerprint density at radius 2 is 1.72 bits per heavy atom. The summed E-state index contributed by atoms with van der Waals surface area (Å²) in [5.41, 5.74) is 0.975. The number of nitrogens with zero attached hydrogens (tertiary/aromatic N) is 7. The van der Waals surface area contributed by atoms with Crippen LogP contribution in [0.15, 0.2) is 49.6 Å². The van der Waals surface area contributed by atoms with Crippen LogP contribution in [0, 0.1) is 0 Å². The molecule has 3 aromatic heterocycles. The summed E-state index contributed by atoms with van der Waals surface area (Å²) in [6.45, 7) is 1.85. The summed E-state index contributed by atoms with van der Waals surface area (Å²) < 4.78 is 0. The Kier molecular flexibility index (Phi) is 4.40. The Hall–Kier alpha value is -3.16. The summed E-state index contributed by atoms with van der Waals surface area (Å²) in [7, 11) is 0. The zero-order valence-corrected chi connectivity index (χ0v) is 13.7. The average Bonchev–Trinajstić information content (AvgIpc) is 2.70. The second-order valence-corrected chi connectivity index (χ2v) is 5.89. The van der Waals surface area contributed by atoms with Gasteiger partial charge in [0.2, 0.25) is 0 Å². The maximum Gasteiger partial charge on any atom is 0.150 e. The van der Waals surface area contributed by atoms with Gasteiger partial charge in [0.1, 0.15) is 17.5 Å². The van der Waals surface area contributed by atoms with Gasteiger partial charge in [-0.05, 0) is 12.8 Å². The average molecular weight is 334 g/mol. The number of piperidine rings is 1. The van der Waals surface area contributed by atoms with Gasteiger partial charge in [-0.25, -0.2) is 15.0 Å². The Balaban J connectivity index is 1.50. The Bertz CT molecular complexity index is 811. The van der Waals surface area contributed by atoms with Crippen molar-refractivity contribution in [1.82, 2.24) is 29.9 Å². The molecule has 8 heteroatoms. The molecule has 126 valence electrons. The lowest BCUT2D eigenvalue weighted by atomic mass is 9.95. The summed E-state index contributed by atoms with van der Waals surface area (Å²) in [4.78, 5) is 28.1. The van der Waals surface area contributed by atoms with Gasteiger partial charge in [-0.1, -0.05) is 0 Å². The van der Waals surface area contributed by atoms with E-state index in [1.807, 2.05) is 6.20 Å². The molecule has 4 rings (SSSR count). The molecule has 1 aliphatic rings. The fourth-order valence-corrected chi connectivity index (χ4v) is 3.01. The molecule has 0 spiro atoms. The van der Waals surface area contributed by atoms with Gasteiger partial charge in [-0.2, -0.15) is 0 Å². The van der Waals surface area contributed by atoms with Crippen LogP contribution in [0.25, 0.3) is 0 Å². The maximum absolute atomic E-state index is 4.72.